The number of aliphatic hydroxyl groups excluding tert-OH is 1. The van der Waals surface area contributed by atoms with Crippen molar-refractivity contribution >= 4 is 29.1 Å². The zero-order chi connectivity index (χ0) is 21.3. The molecule has 3 N–H and O–H groups in total. The smallest absolute Gasteiger partial charge is 0.313 e. The molecule has 1 heterocycles. The second kappa shape index (κ2) is 10.5. The van der Waals surface area contributed by atoms with E-state index in [0.29, 0.717) is 43.7 Å². The summed E-state index contributed by atoms with van der Waals surface area (Å²) in [5.41, 5.74) is 2.28. The molecule has 0 radical (unpaired) electrons. The summed E-state index contributed by atoms with van der Waals surface area (Å²) >= 11 is 0. The molecule has 158 valence electrons. The average molecular weight is 409 g/mol. The minimum Gasteiger partial charge on any atom is -0.396 e. The van der Waals surface area contributed by atoms with Crippen LogP contribution in [-0.4, -0.2) is 42.5 Å². The number of amides is 3. The third-order valence-electron chi connectivity index (χ3n) is 5.22. The van der Waals surface area contributed by atoms with Gasteiger partial charge in [0.25, 0.3) is 0 Å². The van der Waals surface area contributed by atoms with Crippen molar-refractivity contribution in [3.63, 3.8) is 0 Å². The second-order valence-corrected chi connectivity index (χ2v) is 7.32. The maximum atomic E-state index is 12.2. The van der Waals surface area contributed by atoms with Gasteiger partial charge in [0, 0.05) is 37.5 Å². The first kappa shape index (κ1) is 21.5. The Morgan fingerprint density at radius 3 is 2.53 bits per heavy atom. The Kier molecular flexibility index (Phi) is 7.57. The molecular weight excluding hydrogens is 382 g/mol. The van der Waals surface area contributed by atoms with Gasteiger partial charge in [-0.15, -0.1) is 0 Å². The van der Waals surface area contributed by atoms with Crippen LogP contribution in [0.4, 0.5) is 11.4 Å². The van der Waals surface area contributed by atoms with E-state index in [1.807, 2.05) is 36.4 Å². The molecule has 0 aromatic heterocycles. The van der Waals surface area contributed by atoms with Crippen LogP contribution in [0, 0.1) is 0 Å². The van der Waals surface area contributed by atoms with Crippen LogP contribution in [0.1, 0.15) is 37.2 Å². The first-order valence-electron chi connectivity index (χ1n) is 10.2. The van der Waals surface area contributed by atoms with Crippen LogP contribution in [0.25, 0.3) is 0 Å². The molecular formula is C23H27N3O4. The number of rotatable bonds is 8. The molecule has 0 saturated carbocycles. The minimum absolute atomic E-state index is 0.0594. The molecule has 3 amide bonds. The van der Waals surface area contributed by atoms with Crippen molar-refractivity contribution in [3.8, 4) is 0 Å². The highest BCUT2D eigenvalue weighted by Crippen LogP contribution is 2.24. The number of nitrogens with one attached hydrogen (secondary N) is 2. The topological polar surface area (TPSA) is 98.7 Å². The molecule has 1 fully saturated rings. The summed E-state index contributed by atoms with van der Waals surface area (Å²) < 4.78 is 0. The van der Waals surface area contributed by atoms with Gasteiger partial charge in [-0.1, -0.05) is 36.4 Å². The van der Waals surface area contributed by atoms with E-state index in [0.717, 1.165) is 12.0 Å². The van der Waals surface area contributed by atoms with Gasteiger partial charge in [-0.2, -0.15) is 0 Å². The monoisotopic (exact) mass is 409 g/mol. The van der Waals surface area contributed by atoms with Crippen molar-refractivity contribution in [1.29, 1.82) is 0 Å². The lowest BCUT2D eigenvalue weighted by Crippen LogP contribution is -2.36. The summed E-state index contributed by atoms with van der Waals surface area (Å²) in [7, 11) is 0. The number of aliphatic hydroxyl groups is 1. The van der Waals surface area contributed by atoms with Crippen LogP contribution in [0.15, 0.2) is 54.6 Å². The number of anilines is 2. The van der Waals surface area contributed by atoms with Crippen molar-refractivity contribution in [2.75, 3.05) is 29.9 Å². The third-order valence-corrected chi connectivity index (χ3v) is 5.22. The van der Waals surface area contributed by atoms with E-state index in [4.69, 9.17) is 0 Å². The maximum absolute atomic E-state index is 12.2. The number of benzene rings is 2. The van der Waals surface area contributed by atoms with Crippen molar-refractivity contribution < 1.29 is 19.5 Å². The summed E-state index contributed by atoms with van der Waals surface area (Å²) in [5.74, 6) is -1.30. The fourth-order valence-corrected chi connectivity index (χ4v) is 3.66. The van der Waals surface area contributed by atoms with E-state index < -0.39 is 11.8 Å². The molecule has 1 aliphatic rings. The van der Waals surface area contributed by atoms with Crippen LogP contribution >= 0.6 is 0 Å². The maximum Gasteiger partial charge on any atom is 0.313 e. The zero-order valence-electron chi connectivity index (χ0n) is 16.8. The Balaban J connectivity index is 1.51. The van der Waals surface area contributed by atoms with Crippen molar-refractivity contribution in [2.24, 2.45) is 0 Å². The predicted molar refractivity (Wildman–Crippen MR) is 115 cm³/mol. The first-order valence-corrected chi connectivity index (χ1v) is 10.2. The lowest BCUT2D eigenvalue weighted by molar-refractivity contribution is -0.136. The van der Waals surface area contributed by atoms with Crippen LogP contribution < -0.4 is 15.5 Å². The predicted octanol–water partition coefficient (Wildman–Crippen LogP) is 2.42. The fourth-order valence-electron chi connectivity index (χ4n) is 3.66. The van der Waals surface area contributed by atoms with Gasteiger partial charge in [0.1, 0.15) is 0 Å². The summed E-state index contributed by atoms with van der Waals surface area (Å²) in [6, 6.07) is 16.7. The van der Waals surface area contributed by atoms with Gasteiger partial charge in [0.05, 0.1) is 0 Å². The minimum atomic E-state index is -0.752. The lowest BCUT2D eigenvalue weighted by atomic mass is 9.93. The number of carbonyl (C=O) groups excluding carboxylic acids is 3. The van der Waals surface area contributed by atoms with Crippen molar-refractivity contribution in [3.05, 3.63) is 60.2 Å². The molecule has 7 heteroatoms. The van der Waals surface area contributed by atoms with Gasteiger partial charge in [0.15, 0.2) is 0 Å². The highest BCUT2D eigenvalue weighted by atomic mass is 16.3. The lowest BCUT2D eigenvalue weighted by Gasteiger charge is -2.17. The molecule has 0 bridgehead atoms. The summed E-state index contributed by atoms with van der Waals surface area (Å²) in [6.07, 6.45) is 2.56. The molecule has 0 aliphatic carbocycles. The van der Waals surface area contributed by atoms with E-state index in [2.05, 4.69) is 10.6 Å². The van der Waals surface area contributed by atoms with Gasteiger partial charge in [0.2, 0.25) is 5.91 Å². The van der Waals surface area contributed by atoms with Crippen molar-refractivity contribution in [1.82, 2.24) is 5.32 Å². The molecule has 0 spiro atoms. The van der Waals surface area contributed by atoms with Crippen LogP contribution in [0.3, 0.4) is 0 Å². The zero-order valence-corrected chi connectivity index (χ0v) is 16.8. The number of nitrogens with zero attached hydrogens (tertiary/aromatic N) is 1. The Morgan fingerprint density at radius 2 is 1.83 bits per heavy atom. The van der Waals surface area contributed by atoms with Gasteiger partial charge in [-0.3, -0.25) is 14.4 Å². The Morgan fingerprint density at radius 1 is 1.03 bits per heavy atom. The third kappa shape index (κ3) is 5.67. The van der Waals surface area contributed by atoms with Crippen LogP contribution in [0.5, 0.6) is 0 Å². The van der Waals surface area contributed by atoms with E-state index in [1.165, 1.54) is 0 Å². The number of hydrogen-bond donors (Lipinski definition) is 3. The Labute approximate surface area is 176 Å². The summed E-state index contributed by atoms with van der Waals surface area (Å²) in [5, 5.41) is 14.5. The van der Waals surface area contributed by atoms with E-state index in [9.17, 15) is 19.5 Å². The number of hydrogen-bond acceptors (Lipinski definition) is 4. The average Bonchev–Trinajstić information content (AvgIpc) is 3.19. The number of carbonyl (C=O) groups is 3. The molecule has 30 heavy (non-hydrogen) atoms. The van der Waals surface area contributed by atoms with Gasteiger partial charge < -0.3 is 20.6 Å². The molecule has 1 aliphatic heterocycles. The largest absolute Gasteiger partial charge is 0.396 e. The summed E-state index contributed by atoms with van der Waals surface area (Å²) in [4.78, 5) is 38.0. The fraction of sp³-hybridized carbons (Fsp3) is 0.348. The van der Waals surface area contributed by atoms with Gasteiger partial charge in [-0.05, 0) is 48.9 Å². The molecule has 7 nitrogen and oxygen atoms in total. The van der Waals surface area contributed by atoms with E-state index in [-0.39, 0.29) is 18.4 Å². The highest BCUT2D eigenvalue weighted by molar-refractivity contribution is 6.39. The standard InChI is InChI=1S/C23H27N3O4/c27-15-12-18(17-6-2-1-3-7-17)11-13-24-22(29)23(30)25-19-8-4-9-20(16-19)26-14-5-10-21(26)28/h1-4,6-9,16,18,27H,5,10-15H2,(H,24,29)(H,25,30). The molecule has 1 unspecified atom stereocenters. The van der Waals surface area contributed by atoms with Crippen molar-refractivity contribution in [2.45, 2.75) is 31.6 Å². The van der Waals surface area contributed by atoms with Gasteiger partial charge in [-0.25, -0.2) is 0 Å². The van der Waals surface area contributed by atoms with Crippen LogP contribution in [0.2, 0.25) is 0 Å². The quantitative estimate of drug-likeness (QED) is 0.583. The first-order chi connectivity index (χ1) is 14.6. The molecule has 3 rings (SSSR count). The molecule has 1 atom stereocenters. The normalized spacial score (nSPS) is 14.4. The molecule has 1 saturated heterocycles. The van der Waals surface area contributed by atoms with E-state index in [1.54, 1.807) is 23.1 Å². The Bertz CT molecular complexity index is 885. The Hall–Kier alpha value is -3.19. The van der Waals surface area contributed by atoms with E-state index >= 15 is 0 Å². The SMILES string of the molecule is O=C(NCCC(CCO)c1ccccc1)C(=O)Nc1cccc(N2CCCC2=O)c1. The second-order valence-electron chi connectivity index (χ2n) is 7.32. The molecule has 2 aromatic rings. The van der Waals surface area contributed by atoms with Crippen LogP contribution in [-0.2, 0) is 14.4 Å². The summed E-state index contributed by atoms with van der Waals surface area (Å²) in [6.45, 7) is 1.05. The highest BCUT2D eigenvalue weighted by Gasteiger charge is 2.22. The molecule has 2 aromatic carbocycles. The van der Waals surface area contributed by atoms with Gasteiger partial charge >= 0.3 is 11.8 Å².